The molecule has 2 fully saturated rings. The van der Waals surface area contributed by atoms with E-state index in [1.54, 1.807) is 13.8 Å². The van der Waals surface area contributed by atoms with Crippen LogP contribution in [0.5, 0.6) is 0 Å². The molecule has 0 aromatic heterocycles. The third kappa shape index (κ3) is 4.32. The minimum absolute atomic E-state index is 0.0330. The molecule has 0 aliphatic carbocycles. The Labute approximate surface area is 169 Å². The Morgan fingerprint density at radius 2 is 1.43 bits per heavy atom. The molecule has 2 aliphatic heterocycles. The van der Waals surface area contributed by atoms with Crippen molar-refractivity contribution >= 4 is 17.5 Å². The Kier molecular flexibility index (Phi) is 6.28. The summed E-state index contributed by atoms with van der Waals surface area (Å²) in [6, 6.07) is 8.47. The summed E-state index contributed by atoms with van der Waals surface area (Å²) in [7, 11) is 0. The molecule has 0 N–H and O–H groups in total. The minimum Gasteiger partial charge on any atom is -0.368 e. The van der Waals surface area contributed by atoms with Crippen molar-refractivity contribution < 1.29 is 9.59 Å². The van der Waals surface area contributed by atoms with E-state index in [2.05, 4.69) is 47.9 Å². The van der Waals surface area contributed by atoms with E-state index >= 15 is 0 Å². The zero-order chi connectivity index (χ0) is 20.3. The van der Waals surface area contributed by atoms with E-state index in [0.717, 1.165) is 32.7 Å². The molecule has 0 unspecified atom stereocenters. The molecule has 0 bridgehead atoms. The van der Waals surface area contributed by atoms with Crippen molar-refractivity contribution in [3.05, 3.63) is 29.8 Å². The van der Waals surface area contributed by atoms with Crippen LogP contribution < -0.4 is 4.90 Å². The predicted molar refractivity (Wildman–Crippen MR) is 112 cm³/mol. The second kappa shape index (κ2) is 8.52. The summed E-state index contributed by atoms with van der Waals surface area (Å²) in [5.41, 5.74) is 1.45. The van der Waals surface area contributed by atoms with Crippen LogP contribution in [-0.4, -0.2) is 85.4 Å². The highest BCUT2D eigenvalue weighted by molar-refractivity contribution is 6.04. The molecule has 1 aromatic carbocycles. The number of anilines is 1. The third-order valence-corrected chi connectivity index (χ3v) is 6.11. The largest absolute Gasteiger partial charge is 0.368 e. The molecular weight excluding hydrogens is 352 g/mol. The van der Waals surface area contributed by atoms with E-state index in [1.807, 2.05) is 9.80 Å². The Morgan fingerprint density at radius 3 is 1.93 bits per heavy atom. The maximum Gasteiger partial charge on any atom is 0.237 e. The minimum atomic E-state index is -1.00. The van der Waals surface area contributed by atoms with E-state index in [-0.39, 0.29) is 11.8 Å². The van der Waals surface area contributed by atoms with Gasteiger partial charge in [0.1, 0.15) is 5.41 Å². The summed E-state index contributed by atoms with van der Waals surface area (Å²) in [5.74, 6) is -0.0753. The number of aryl methyl sites for hydroxylation is 1. The molecule has 0 saturated carbocycles. The summed E-state index contributed by atoms with van der Waals surface area (Å²) < 4.78 is 0. The van der Waals surface area contributed by atoms with E-state index < -0.39 is 5.41 Å². The van der Waals surface area contributed by atoms with Crippen LogP contribution in [-0.2, 0) is 9.59 Å². The van der Waals surface area contributed by atoms with Crippen LogP contribution in [0.1, 0.15) is 26.3 Å². The number of hydrogen-bond donors (Lipinski definition) is 0. The van der Waals surface area contributed by atoms with E-state index in [0.29, 0.717) is 26.2 Å². The highest BCUT2D eigenvalue weighted by Crippen LogP contribution is 2.25. The number of amides is 2. The van der Waals surface area contributed by atoms with Crippen molar-refractivity contribution in [3.8, 4) is 0 Å². The average Bonchev–Trinajstić information content (AvgIpc) is 2.72. The van der Waals surface area contributed by atoms with Gasteiger partial charge in [0.15, 0.2) is 0 Å². The number of carbonyl (C=O) groups is 2. The molecule has 2 aliphatic rings. The fraction of sp³-hybridized carbons (Fsp3) is 0.636. The quantitative estimate of drug-likeness (QED) is 0.741. The fourth-order valence-electron chi connectivity index (χ4n) is 4.14. The van der Waals surface area contributed by atoms with Crippen LogP contribution in [0.2, 0.25) is 0 Å². The zero-order valence-corrected chi connectivity index (χ0v) is 17.8. The summed E-state index contributed by atoms with van der Waals surface area (Å²) in [6.07, 6.45) is 0. The maximum atomic E-state index is 13.2. The molecule has 28 heavy (non-hydrogen) atoms. The van der Waals surface area contributed by atoms with Gasteiger partial charge in [0, 0.05) is 58.0 Å². The number of hydrogen-bond acceptors (Lipinski definition) is 4. The van der Waals surface area contributed by atoms with Gasteiger partial charge in [0.05, 0.1) is 0 Å². The first-order valence-electron chi connectivity index (χ1n) is 10.5. The van der Waals surface area contributed by atoms with Gasteiger partial charge in [-0.25, -0.2) is 0 Å². The fourth-order valence-corrected chi connectivity index (χ4v) is 4.14. The average molecular weight is 387 g/mol. The normalized spacial score (nSPS) is 19.1. The number of likely N-dealkylation sites (N-methyl/N-ethyl adjacent to an activating group) is 1. The summed E-state index contributed by atoms with van der Waals surface area (Å²) in [6.45, 7) is 14.9. The number of carbonyl (C=O) groups excluding carboxylic acids is 2. The molecule has 1 aromatic rings. The lowest BCUT2D eigenvalue weighted by Crippen LogP contribution is -2.58. The molecule has 154 valence electrons. The summed E-state index contributed by atoms with van der Waals surface area (Å²) >= 11 is 0. The van der Waals surface area contributed by atoms with Crippen molar-refractivity contribution in [3.63, 3.8) is 0 Å². The summed E-state index contributed by atoms with van der Waals surface area (Å²) in [4.78, 5) is 34.6. The highest BCUT2D eigenvalue weighted by Gasteiger charge is 2.42. The molecule has 2 heterocycles. The molecule has 6 heteroatoms. The van der Waals surface area contributed by atoms with Crippen LogP contribution in [0, 0.1) is 12.3 Å². The summed E-state index contributed by atoms with van der Waals surface area (Å²) in [5, 5.41) is 0. The Hall–Kier alpha value is -2.08. The van der Waals surface area contributed by atoms with Crippen molar-refractivity contribution in [1.82, 2.24) is 14.7 Å². The Bertz CT molecular complexity index is 702. The van der Waals surface area contributed by atoms with Crippen LogP contribution in [0.15, 0.2) is 24.3 Å². The van der Waals surface area contributed by atoms with E-state index in [1.165, 1.54) is 11.3 Å². The van der Waals surface area contributed by atoms with Crippen molar-refractivity contribution in [2.75, 3.05) is 63.8 Å². The van der Waals surface area contributed by atoms with E-state index in [4.69, 9.17) is 0 Å². The molecule has 2 saturated heterocycles. The molecule has 3 rings (SSSR count). The van der Waals surface area contributed by atoms with Gasteiger partial charge in [0.25, 0.3) is 0 Å². The Morgan fingerprint density at radius 1 is 0.893 bits per heavy atom. The molecule has 0 radical (unpaired) electrons. The van der Waals surface area contributed by atoms with Gasteiger partial charge in [-0.15, -0.1) is 0 Å². The van der Waals surface area contributed by atoms with Gasteiger partial charge >= 0.3 is 0 Å². The second-order valence-electron chi connectivity index (χ2n) is 8.47. The lowest BCUT2D eigenvalue weighted by atomic mass is 9.89. The molecular formula is C22H34N4O2. The number of piperazine rings is 2. The second-order valence-corrected chi connectivity index (χ2v) is 8.47. The van der Waals surface area contributed by atoms with Gasteiger partial charge < -0.3 is 19.6 Å². The van der Waals surface area contributed by atoms with Crippen molar-refractivity contribution in [2.24, 2.45) is 5.41 Å². The smallest absolute Gasteiger partial charge is 0.237 e. The van der Waals surface area contributed by atoms with Gasteiger partial charge in [0.2, 0.25) is 11.8 Å². The van der Waals surface area contributed by atoms with Crippen molar-refractivity contribution in [1.29, 1.82) is 0 Å². The third-order valence-electron chi connectivity index (χ3n) is 6.11. The van der Waals surface area contributed by atoms with E-state index in [9.17, 15) is 9.59 Å². The molecule has 0 atom stereocenters. The van der Waals surface area contributed by atoms with Crippen molar-refractivity contribution in [2.45, 2.75) is 27.7 Å². The van der Waals surface area contributed by atoms with Gasteiger partial charge in [-0.1, -0.05) is 19.1 Å². The van der Waals surface area contributed by atoms with Gasteiger partial charge in [-0.2, -0.15) is 0 Å². The standard InChI is InChI=1S/C22H34N4O2/c1-5-23-9-11-25(12-10-23)20(27)22(3,4)21(28)26-15-13-24(14-16-26)19-8-6-7-18(2)17-19/h6-8,17H,5,9-16H2,1-4H3. The molecule has 6 nitrogen and oxygen atoms in total. The van der Waals surface area contributed by atoms with Gasteiger partial charge in [-0.3, -0.25) is 9.59 Å². The number of benzene rings is 1. The predicted octanol–water partition coefficient (Wildman–Crippen LogP) is 1.83. The first kappa shape index (κ1) is 20.6. The first-order chi connectivity index (χ1) is 13.3. The SMILES string of the molecule is CCN1CCN(C(=O)C(C)(C)C(=O)N2CCN(c3cccc(C)c3)CC2)CC1. The zero-order valence-electron chi connectivity index (χ0n) is 17.8. The lowest BCUT2D eigenvalue weighted by molar-refractivity contribution is -0.155. The lowest BCUT2D eigenvalue weighted by Gasteiger charge is -2.41. The monoisotopic (exact) mass is 386 g/mol. The molecule has 2 amide bonds. The topological polar surface area (TPSA) is 47.1 Å². The van der Waals surface area contributed by atoms with Crippen LogP contribution in [0.25, 0.3) is 0 Å². The molecule has 0 spiro atoms. The van der Waals surface area contributed by atoms with Crippen LogP contribution in [0.3, 0.4) is 0 Å². The van der Waals surface area contributed by atoms with Gasteiger partial charge in [-0.05, 0) is 45.0 Å². The Balaban J connectivity index is 1.58. The van der Waals surface area contributed by atoms with Crippen LogP contribution >= 0.6 is 0 Å². The van der Waals surface area contributed by atoms with Crippen LogP contribution in [0.4, 0.5) is 5.69 Å². The first-order valence-corrected chi connectivity index (χ1v) is 10.5. The maximum absolute atomic E-state index is 13.2. The number of rotatable bonds is 4. The number of nitrogens with zero attached hydrogens (tertiary/aromatic N) is 4. The highest BCUT2D eigenvalue weighted by atomic mass is 16.2.